The SMILES string of the molecule is O=[N+]([O-])c1ccc(S(=O)(=O)NC2CC2c2ccccc2)s1. The van der Waals surface area contributed by atoms with Crippen LogP contribution in [0.4, 0.5) is 5.00 Å². The highest BCUT2D eigenvalue weighted by atomic mass is 32.2. The predicted molar refractivity (Wildman–Crippen MR) is 78.9 cm³/mol. The van der Waals surface area contributed by atoms with E-state index in [0.29, 0.717) is 11.3 Å². The molecule has 0 aliphatic heterocycles. The quantitative estimate of drug-likeness (QED) is 0.676. The van der Waals surface area contributed by atoms with E-state index in [9.17, 15) is 18.5 Å². The fourth-order valence-electron chi connectivity index (χ4n) is 2.20. The molecule has 0 amide bonds. The van der Waals surface area contributed by atoms with E-state index in [-0.39, 0.29) is 21.2 Å². The lowest BCUT2D eigenvalue weighted by molar-refractivity contribution is -0.380. The second kappa shape index (κ2) is 5.21. The van der Waals surface area contributed by atoms with Crippen LogP contribution >= 0.6 is 11.3 Å². The molecule has 0 radical (unpaired) electrons. The van der Waals surface area contributed by atoms with Crippen LogP contribution in [0.2, 0.25) is 0 Å². The van der Waals surface area contributed by atoms with E-state index in [1.165, 1.54) is 12.1 Å². The molecule has 0 spiro atoms. The monoisotopic (exact) mass is 324 g/mol. The fraction of sp³-hybridized carbons (Fsp3) is 0.231. The van der Waals surface area contributed by atoms with Gasteiger partial charge in [0.1, 0.15) is 4.21 Å². The third-order valence-corrected chi connectivity index (χ3v) is 6.36. The summed E-state index contributed by atoms with van der Waals surface area (Å²) in [7, 11) is -3.69. The molecule has 0 saturated heterocycles. The molecule has 1 saturated carbocycles. The average Bonchev–Trinajstić information content (AvgIpc) is 3.01. The van der Waals surface area contributed by atoms with Crippen molar-refractivity contribution in [2.24, 2.45) is 0 Å². The standard InChI is InChI=1S/C13H12N2O4S2/c16-15(17)12-6-7-13(20-12)21(18,19)14-11-8-10(11)9-4-2-1-3-5-9/h1-7,10-11,14H,8H2. The number of hydrogen-bond donors (Lipinski definition) is 1. The number of hydrogen-bond acceptors (Lipinski definition) is 5. The zero-order valence-corrected chi connectivity index (χ0v) is 12.4. The van der Waals surface area contributed by atoms with Crippen LogP contribution in [0.25, 0.3) is 0 Å². The molecule has 3 rings (SSSR count). The Hall–Kier alpha value is -1.77. The van der Waals surface area contributed by atoms with Gasteiger partial charge in [0.2, 0.25) is 0 Å². The molecular formula is C13H12N2O4S2. The Balaban J connectivity index is 1.71. The molecule has 1 aromatic heterocycles. The lowest BCUT2D eigenvalue weighted by atomic mass is 10.1. The lowest BCUT2D eigenvalue weighted by Gasteiger charge is -2.04. The van der Waals surface area contributed by atoms with Gasteiger partial charge in [0.15, 0.2) is 0 Å². The van der Waals surface area contributed by atoms with Crippen LogP contribution in [-0.2, 0) is 10.0 Å². The van der Waals surface area contributed by atoms with Crippen LogP contribution in [0.15, 0.2) is 46.7 Å². The van der Waals surface area contributed by atoms with Crippen LogP contribution < -0.4 is 4.72 Å². The molecule has 2 aromatic rings. The van der Waals surface area contributed by atoms with E-state index >= 15 is 0 Å². The maximum Gasteiger partial charge on any atom is 0.325 e. The Morgan fingerprint density at radius 3 is 2.52 bits per heavy atom. The number of thiophene rings is 1. The van der Waals surface area contributed by atoms with Crippen molar-refractivity contribution in [1.29, 1.82) is 0 Å². The molecule has 1 N–H and O–H groups in total. The predicted octanol–water partition coefficient (Wildman–Crippen LogP) is 2.49. The van der Waals surface area contributed by atoms with Gasteiger partial charge in [0.25, 0.3) is 10.0 Å². The van der Waals surface area contributed by atoms with Crippen LogP contribution in [0.5, 0.6) is 0 Å². The van der Waals surface area contributed by atoms with Crippen molar-refractivity contribution < 1.29 is 13.3 Å². The van der Waals surface area contributed by atoms with E-state index in [4.69, 9.17) is 0 Å². The molecular weight excluding hydrogens is 312 g/mol. The van der Waals surface area contributed by atoms with Gasteiger partial charge in [-0.05, 0) is 29.4 Å². The molecule has 1 fully saturated rings. The van der Waals surface area contributed by atoms with Crippen LogP contribution in [-0.4, -0.2) is 19.4 Å². The molecule has 1 heterocycles. The highest BCUT2D eigenvalue weighted by Gasteiger charge is 2.41. The first-order chi connectivity index (χ1) is 9.97. The minimum absolute atomic E-state index is 0.0205. The van der Waals surface area contributed by atoms with Crippen molar-refractivity contribution in [2.45, 2.75) is 22.6 Å². The van der Waals surface area contributed by atoms with Gasteiger partial charge in [-0.15, -0.1) is 0 Å². The Labute approximate surface area is 125 Å². The summed E-state index contributed by atoms with van der Waals surface area (Å²) < 4.78 is 26.9. The first-order valence-corrected chi connectivity index (χ1v) is 8.59. The molecule has 6 nitrogen and oxygen atoms in total. The van der Waals surface area contributed by atoms with Crippen LogP contribution in [0.3, 0.4) is 0 Å². The number of rotatable bonds is 5. The highest BCUT2D eigenvalue weighted by Crippen LogP contribution is 2.42. The summed E-state index contributed by atoms with van der Waals surface area (Å²) >= 11 is 0.665. The molecule has 2 atom stereocenters. The number of sulfonamides is 1. The maximum atomic E-state index is 12.2. The second-order valence-electron chi connectivity index (χ2n) is 4.83. The van der Waals surface area contributed by atoms with E-state index in [1.54, 1.807) is 0 Å². The molecule has 8 heteroatoms. The van der Waals surface area contributed by atoms with Crippen molar-refractivity contribution in [3.8, 4) is 0 Å². The molecule has 2 unspecified atom stereocenters. The Bertz CT molecular complexity index is 770. The maximum absolute atomic E-state index is 12.2. The summed E-state index contributed by atoms with van der Waals surface area (Å²) in [4.78, 5) is 10.0. The van der Waals surface area contributed by atoms with E-state index < -0.39 is 14.9 Å². The van der Waals surface area contributed by atoms with Gasteiger partial charge in [-0.3, -0.25) is 10.1 Å². The van der Waals surface area contributed by atoms with Gasteiger partial charge in [-0.25, -0.2) is 13.1 Å². The van der Waals surface area contributed by atoms with Crippen molar-refractivity contribution in [1.82, 2.24) is 4.72 Å². The van der Waals surface area contributed by atoms with Gasteiger partial charge in [0.05, 0.1) is 4.92 Å². The fourth-order valence-corrected chi connectivity index (χ4v) is 4.62. The molecule has 110 valence electrons. The van der Waals surface area contributed by atoms with Crippen molar-refractivity contribution in [2.75, 3.05) is 0 Å². The van der Waals surface area contributed by atoms with Gasteiger partial charge in [0, 0.05) is 18.0 Å². The molecule has 21 heavy (non-hydrogen) atoms. The van der Waals surface area contributed by atoms with E-state index in [0.717, 1.165) is 12.0 Å². The summed E-state index contributed by atoms with van der Waals surface area (Å²) in [5.74, 6) is 0.177. The molecule has 1 aliphatic carbocycles. The summed E-state index contributed by atoms with van der Waals surface area (Å²) in [5.41, 5.74) is 1.10. The zero-order valence-electron chi connectivity index (χ0n) is 10.8. The summed E-state index contributed by atoms with van der Waals surface area (Å²) in [6, 6.07) is 12.0. The first kappa shape index (κ1) is 14.2. The normalized spacial score (nSPS) is 21.1. The van der Waals surface area contributed by atoms with E-state index in [2.05, 4.69) is 4.72 Å². The summed E-state index contributed by atoms with van der Waals surface area (Å²) in [6.07, 6.45) is 0.747. The van der Waals surface area contributed by atoms with E-state index in [1.807, 2.05) is 30.3 Å². The highest BCUT2D eigenvalue weighted by molar-refractivity contribution is 7.91. The molecule has 1 aromatic carbocycles. The smallest absolute Gasteiger partial charge is 0.258 e. The van der Waals surface area contributed by atoms with Gasteiger partial charge in [-0.1, -0.05) is 30.3 Å². The molecule has 0 bridgehead atoms. The number of nitrogens with one attached hydrogen (secondary N) is 1. The average molecular weight is 324 g/mol. The van der Waals surface area contributed by atoms with Crippen LogP contribution in [0.1, 0.15) is 17.9 Å². The first-order valence-electron chi connectivity index (χ1n) is 6.29. The van der Waals surface area contributed by atoms with Crippen molar-refractivity contribution in [3.63, 3.8) is 0 Å². The minimum atomic E-state index is -3.69. The van der Waals surface area contributed by atoms with Crippen molar-refractivity contribution >= 4 is 26.4 Å². The van der Waals surface area contributed by atoms with Gasteiger partial charge in [-0.2, -0.15) is 0 Å². The topological polar surface area (TPSA) is 89.3 Å². The Kier molecular flexibility index (Phi) is 3.52. The Morgan fingerprint density at radius 2 is 1.90 bits per heavy atom. The van der Waals surface area contributed by atoms with Gasteiger partial charge >= 0.3 is 5.00 Å². The number of benzene rings is 1. The lowest BCUT2D eigenvalue weighted by Crippen LogP contribution is -2.26. The third-order valence-electron chi connectivity index (χ3n) is 3.34. The largest absolute Gasteiger partial charge is 0.325 e. The van der Waals surface area contributed by atoms with Gasteiger partial charge < -0.3 is 0 Å². The summed E-state index contributed by atoms with van der Waals surface area (Å²) in [5, 5.41) is 10.4. The molecule has 1 aliphatic rings. The van der Waals surface area contributed by atoms with Crippen LogP contribution in [0, 0.1) is 10.1 Å². The minimum Gasteiger partial charge on any atom is -0.258 e. The number of nitro groups is 1. The second-order valence-corrected chi connectivity index (χ2v) is 7.83. The zero-order chi connectivity index (χ0) is 15.0. The third kappa shape index (κ3) is 2.97. The summed E-state index contributed by atoms with van der Waals surface area (Å²) in [6.45, 7) is 0. The number of nitrogens with zero attached hydrogens (tertiary/aromatic N) is 1. The van der Waals surface area contributed by atoms with Crippen molar-refractivity contribution in [3.05, 3.63) is 58.1 Å². The Morgan fingerprint density at radius 1 is 1.19 bits per heavy atom.